The van der Waals surface area contributed by atoms with Gasteiger partial charge >= 0.3 is 0 Å². The second-order valence-electron chi connectivity index (χ2n) is 12.3. The van der Waals surface area contributed by atoms with Gasteiger partial charge in [-0.1, -0.05) is 78.4 Å². The number of aliphatic hydroxyl groups excluding tert-OH is 1. The molecule has 0 spiro atoms. The number of rotatable bonds is 13. The van der Waals surface area contributed by atoms with Gasteiger partial charge in [0, 0.05) is 40.5 Å². The largest absolute Gasteiger partial charge is 0.497 e. The molecule has 50 heavy (non-hydrogen) atoms. The summed E-state index contributed by atoms with van der Waals surface area (Å²) in [4.78, 5) is 28.3. The molecule has 0 radical (unpaired) electrons. The number of aryl methyl sites for hydroxylation is 1. The van der Waals surface area contributed by atoms with Crippen molar-refractivity contribution in [1.29, 1.82) is 0 Å². The molecule has 1 aliphatic rings. The summed E-state index contributed by atoms with van der Waals surface area (Å²) < 4.78 is 6.88. The van der Waals surface area contributed by atoms with E-state index in [0.29, 0.717) is 51.9 Å². The van der Waals surface area contributed by atoms with Gasteiger partial charge in [0.15, 0.2) is 5.60 Å². The molecule has 6 rings (SSSR count). The van der Waals surface area contributed by atoms with Crippen LogP contribution in [-0.2, 0) is 23.5 Å². The van der Waals surface area contributed by atoms with Gasteiger partial charge in [-0.2, -0.15) is 0 Å². The summed E-state index contributed by atoms with van der Waals surface area (Å²) in [6.45, 7) is 2.47. The van der Waals surface area contributed by atoms with Gasteiger partial charge in [-0.05, 0) is 72.1 Å². The van der Waals surface area contributed by atoms with Crippen LogP contribution in [0, 0.1) is 5.92 Å². The summed E-state index contributed by atoms with van der Waals surface area (Å²) in [7, 11) is 1.57. The van der Waals surface area contributed by atoms with E-state index in [2.05, 4.69) is 15.6 Å². The SMILES string of the molecule is COc1ccc(C(=O)Nc2ccc(CN3C(=O)[C@@](O)([C@@H](C)/C=C/CCn4cc(C(CO)c5ccccc5)nn4)c4cc(Cl)ccc43)cc2)cc1. The summed E-state index contributed by atoms with van der Waals surface area (Å²) in [5.41, 5.74) is 2.78. The number of amides is 2. The predicted molar refractivity (Wildman–Crippen MR) is 192 cm³/mol. The first-order valence-corrected chi connectivity index (χ1v) is 16.7. The number of hydrogen-bond acceptors (Lipinski definition) is 7. The number of allylic oxidation sites excluding steroid dienone is 1. The van der Waals surface area contributed by atoms with E-state index >= 15 is 0 Å². The van der Waals surface area contributed by atoms with Gasteiger partial charge < -0.3 is 25.2 Å². The average Bonchev–Trinajstić information content (AvgIpc) is 3.69. The van der Waals surface area contributed by atoms with Crippen LogP contribution in [0.5, 0.6) is 5.75 Å². The molecule has 4 aromatic carbocycles. The number of aliphatic hydroxyl groups is 2. The van der Waals surface area contributed by atoms with Crippen LogP contribution in [0.15, 0.2) is 115 Å². The number of nitrogens with one attached hydrogen (secondary N) is 1. The number of ether oxygens (including phenoxy) is 1. The molecule has 5 aromatic rings. The molecule has 1 aliphatic heterocycles. The van der Waals surface area contributed by atoms with Gasteiger partial charge in [-0.25, -0.2) is 0 Å². The Kier molecular flexibility index (Phi) is 10.4. The molecule has 3 atom stereocenters. The third-order valence-corrected chi connectivity index (χ3v) is 9.28. The third-order valence-electron chi connectivity index (χ3n) is 9.04. The standard InChI is InChI=1S/C39H38ClN5O5/c1-26(8-6-7-21-44-24-35(42-43-44)33(25-46)28-9-4-3-5-10-28)39(49)34-22-30(40)15-20-36(34)45(38(39)48)23-27-11-16-31(17-12-27)41-37(47)29-13-18-32(50-2)19-14-29/h3-6,8-20,22,24,26,33,46,49H,7,21,23,25H2,1-2H3,(H,41,47)/b8-6+/t26-,33?,39+/m0/s1. The van der Waals surface area contributed by atoms with Gasteiger partial charge in [-0.15, -0.1) is 5.10 Å². The van der Waals surface area contributed by atoms with Crippen LogP contribution in [0.1, 0.15) is 52.0 Å². The lowest BCUT2D eigenvalue weighted by Crippen LogP contribution is -2.44. The van der Waals surface area contributed by atoms with Crippen molar-refractivity contribution in [2.24, 2.45) is 5.92 Å². The number of carbonyl (C=O) groups is 2. The Bertz CT molecular complexity index is 1980. The monoisotopic (exact) mass is 691 g/mol. The molecule has 1 unspecified atom stereocenters. The van der Waals surface area contributed by atoms with Crippen molar-refractivity contribution in [3.05, 3.63) is 148 Å². The molecule has 0 fully saturated rings. The zero-order valence-corrected chi connectivity index (χ0v) is 28.5. The number of aromatic nitrogens is 3. The van der Waals surface area contributed by atoms with Crippen molar-refractivity contribution >= 4 is 34.8 Å². The van der Waals surface area contributed by atoms with E-state index in [4.69, 9.17) is 16.3 Å². The molecule has 2 amide bonds. The molecule has 1 aromatic heterocycles. The quantitative estimate of drug-likeness (QED) is 0.123. The van der Waals surface area contributed by atoms with E-state index in [1.54, 1.807) is 71.3 Å². The Balaban J connectivity index is 1.11. The highest BCUT2D eigenvalue weighted by molar-refractivity contribution is 6.31. The van der Waals surface area contributed by atoms with E-state index in [9.17, 15) is 19.8 Å². The lowest BCUT2D eigenvalue weighted by Gasteiger charge is -2.27. The number of halogens is 1. The number of anilines is 2. The van der Waals surface area contributed by atoms with Crippen molar-refractivity contribution in [3.63, 3.8) is 0 Å². The highest BCUT2D eigenvalue weighted by Crippen LogP contribution is 2.46. The fourth-order valence-corrected chi connectivity index (χ4v) is 6.35. The van der Waals surface area contributed by atoms with Crippen molar-refractivity contribution in [3.8, 4) is 5.75 Å². The number of hydrogen-bond donors (Lipinski definition) is 3. The van der Waals surface area contributed by atoms with Crippen molar-refractivity contribution in [2.75, 3.05) is 23.9 Å². The zero-order valence-electron chi connectivity index (χ0n) is 27.7. The van der Waals surface area contributed by atoms with Gasteiger partial charge in [0.1, 0.15) is 5.75 Å². The Morgan fingerprint density at radius 2 is 1.78 bits per heavy atom. The topological polar surface area (TPSA) is 130 Å². The minimum atomic E-state index is -1.83. The Labute approximate surface area is 295 Å². The third kappa shape index (κ3) is 7.18. The normalized spacial score (nSPS) is 16.7. The van der Waals surface area contributed by atoms with E-state index in [-0.39, 0.29) is 25.0 Å². The van der Waals surface area contributed by atoms with Crippen LogP contribution < -0.4 is 15.0 Å². The Hall–Kier alpha value is -5.29. The van der Waals surface area contributed by atoms with E-state index in [1.807, 2.05) is 67.7 Å². The summed E-state index contributed by atoms with van der Waals surface area (Å²) >= 11 is 6.37. The Morgan fingerprint density at radius 3 is 2.48 bits per heavy atom. The Morgan fingerprint density at radius 1 is 1.04 bits per heavy atom. The molecule has 10 nitrogen and oxygen atoms in total. The molecule has 0 bridgehead atoms. The van der Waals surface area contributed by atoms with Gasteiger partial charge in [-0.3, -0.25) is 14.3 Å². The van der Waals surface area contributed by atoms with Gasteiger partial charge in [0.2, 0.25) is 0 Å². The van der Waals surface area contributed by atoms with Gasteiger partial charge in [0.05, 0.1) is 37.6 Å². The lowest BCUT2D eigenvalue weighted by molar-refractivity contribution is -0.139. The van der Waals surface area contributed by atoms with E-state index < -0.39 is 17.4 Å². The average molecular weight is 692 g/mol. The molecule has 2 heterocycles. The fraction of sp³-hybridized carbons (Fsp3) is 0.231. The molecule has 11 heteroatoms. The fourth-order valence-electron chi connectivity index (χ4n) is 6.18. The summed E-state index contributed by atoms with van der Waals surface area (Å²) in [6.07, 6.45) is 6.17. The first-order valence-electron chi connectivity index (χ1n) is 16.3. The molecule has 256 valence electrons. The molecule has 0 aliphatic carbocycles. The second-order valence-corrected chi connectivity index (χ2v) is 12.7. The summed E-state index contributed by atoms with van der Waals surface area (Å²) in [5.74, 6) is -0.867. The number of carbonyl (C=O) groups excluding carboxylic acids is 2. The van der Waals surface area contributed by atoms with E-state index in [0.717, 1.165) is 11.1 Å². The summed E-state index contributed by atoms with van der Waals surface area (Å²) in [5, 5.41) is 33.8. The number of methoxy groups -OCH3 is 1. The van der Waals surface area contributed by atoms with Crippen molar-refractivity contribution < 1.29 is 24.5 Å². The van der Waals surface area contributed by atoms with Crippen molar-refractivity contribution in [2.45, 2.75) is 38.0 Å². The maximum absolute atomic E-state index is 14.0. The van der Waals surface area contributed by atoms with E-state index in [1.165, 1.54) is 0 Å². The van der Waals surface area contributed by atoms with Crippen molar-refractivity contribution in [1.82, 2.24) is 15.0 Å². The number of fused-ring (bicyclic) bond motifs is 1. The highest BCUT2D eigenvalue weighted by Gasteiger charge is 2.52. The number of benzene rings is 4. The molecular formula is C39H38ClN5O5. The van der Waals surface area contributed by atoms with Crippen LogP contribution in [0.4, 0.5) is 11.4 Å². The zero-order chi connectivity index (χ0) is 35.3. The molecule has 0 saturated heterocycles. The molecule has 3 N–H and O–H groups in total. The van der Waals surface area contributed by atoms with Gasteiger partial charge in [0.25, 0.3) is 11.8 Å². The smallest absolute Gasteiger partial charge is 0.264 e. The first kappa shape index (κ1) is 34.6. The molecular weight excluding hydrogens is 654 g/mol. The lowest BCUT2D eigenvalue weighted by atomic mass is 9.83. The maximum atomic E-state index is 14.0. The number of nitrogens with zero attached hydrogens (tertiary/aromatic N) is 4. The maximum Gasteiger partial charge on any atom is 0.264 e. The second kappa shape index (κ2) is 15.1. The minimum absolute atomic E-state index is 0.0792. The minimum Gasteiger partial charge on any atom is -0.497 e. The van der Waals surface area contributed by atoms with Crippen LogP contribution in [0.3, 0.4) is 0 Å². The predicted octanol–water partition coefficient (Wildman–Crippen LogP) is 6.33. The van der Waals surface area contributed by atoms with Crippen LogP contribution >= 0.6 is 11.6 Å². The first-order chi connectivity index (χ1) is 24.2. The molecule has 0 saturated carbocycles. The highest BCUT2D eigenvalue weighted by atomic mass is 35.5. The van der Waals surface area contributed by atoms with Crippen LogP contribution in [-0.4, -0.2) is 50.7 Å². The van der Waals surface area contributed by atoms with Crippen LogP contribution in [0.25, 0.3) is 0 Å². The van der Waals surface area contributed by atoms with Crippen LogP contribution in [0.2, 0.25) is 5.02 Å². The summed E-state index contributed by atoms with van der Waals surface area (Å²) in [6, 6.07) is 28.9.